The van der Waals surface area contributed by atoms with Crippen molar-refractivity contribution in [1.82, 2.24) is 10.3 Å². The first-order chi connectivity index (χ1) is 10.2. The lowest BCUT2D eigenvalue weighted by Gasteiger charge is -2.07. The molecule has 0 saturated carbocycles. The van der Waals surface area contributed by atoms with Gasteiger partial charge in [0.1, 0.15) is 0 Å². The van der Waals surface area contributed by atoms with E-state index in [9.17, 15) is 4.79 Å². The van der Waals surface area contributed by atoms with E-state index < -0.39 is 0 Å². The summed E-state index contributed by atoms with van der Waals surface area (Å²) in [6.45, 7) is 5.31. The maximum Gasteiger partial charge on any atom is 0.224 e. The van der Waals surface area contributed by atoms with E-state index in [1.54, 1.807) is 0 Å². The Morgan fingerprint density at radius 1 is 1.14 bits per heavy atom. The molecule has 110 valence electrons. The van der Waals surface area contributed by atoms with Gasteiger partial charge in [0.2, 0.25) is 5.91 Å². The van der Waals surface area contributed by atoms with Gasteiger partial charge in [0.05, 0.1) is 18.7 Å². The lowest BCUT2D eigenvalue weighted by atomic mass is 10.1. The molecule has 0 fully saturated rings. The molecule has 0 bridgehead atoms. The number of hydrogen-bond donors (Lipinski definition) is 2. The van der Waals surface area contributed by atoms with Crippen molar-refractivity contribution in [1.29, 1.82) is 0 Å². The van der Waals surface area contributed by atoms with Crippen LogP contribution >= 0.6 is 0 Å². The molecule has 0 spiro atoms. The number of amides is 1. The van der Waals surface area contributed by atoms with E-state index in [-0.39, 0.29) is 5.91 Å². The minimum absolute atomic E-state index is 0.0575. The fourth-order valence-corrected chi connectivity index (χ4v) is 1.98. The van der Waals surface area contributed by atoms with Crippen LogP contribution in [0.15, 0.2) is 42.6 Å². The molecule has 0 aliphatic carbocycles. The van der Waals surface area contributed by atoms with Gasteiger partial charge in [-0.25, -0.2) is 0 Å². The number of rotatable bonds is 6. The van der Waals surface area contributed by atoms with Crippen molar-refractivity contribution in [2.45, 2.75) is 26.8 Å². The number of carbonyl (C=O) groups excluding carboxylic acids is 1. The maximum atomic E-state index is 11.5. The van der Waals surface area contributed by atoms with Gasteiger partial charge in [0.25, 0.3) is 0 Å². The molecule has 0 unspecified atom stereocenters. The zero-order valence-corrected chi connectivity index (χ0v) is 12.5. The molecular weight excluding hydrogens is 262 g/mol. The summed E-state index contributed by atoms with van der Waals surface area (Å²) in [6.07, 6.45) is 2.29. The maximum absolute atomic E-state index is 11.5. The van der Waals surface area contributed by atoms with Gasteiger partial charge in [0, 0.05) is 18.4 Å². The van der Waals surface area contributed by atoms with Gasteiger partial charge in [0.15, 0.2) is 0 Å². The molecule has 0 atom stereocenters. The van der Waals surface area contributed by atoms with E-state index in [1.807, 2.05) is 50.4 Å². The zero-order valence-electron chi connectivity index (χ0n) is 12.5. The normalized spacial score (nSPS) is 10.2. The van der Waals surface area contributed by atoms with Gasteiger partial charge in [-0.05, 0) is 43.2 Å². The second-order valence-electron chi connectivity index (χ2n) is 5.01. The predicted octanol–water partition coefficient (Wildman–Crippen LogP) is 2.68. The van der Waals surface area contributed by atoms with Crippen molar-refractivity contribution >= 4 is 11.6 Å². The highest BCUT2D eigenvalue weighted by Gasteiger charge is 2.02. The van der Waals surface area contributed by atoms with E-state index in [1.165, 1.54) is 0 Å². The Balaban J connectivity index is 1.87. The molecule has 21 heavy (non-hydrogen) atoms. The van der Waals surface area contributed by atoms with Gasteiger partial charge >= 0.3 is 0 Å². The smallest absolute Gasteiger partial charge is 0.224 e. The number of carbonyl (C=O) groups is 1. The number of nitrogens with zero attached hydrogens (tertiary/aromatic N) is 1. The molecular formula is C17H21N3O. The van der Waals surface area contributed by atoms with Gasteiger partial charge in [-0.1, -0.05) is 18.2 Å². The Bertz CT molecular complexity index is 576. The number of aryl methyl sites for hydroxylation is 1. The average molecular weight is 283 g/mol. The summed E-state index contributed by atoms with van der Waals surface area (Å²) in [7, 11) is 0. The van der Waals surface area contributed by atoms with E-state index in [2.05, 4.69) is 21.7 Å². The summed E-state index contributed by atoms with van der Waals surface area (Å²) in [5, 5.41) is 6.12. The third-order valence-electron chi connectivity index (χ3n) is 3.14. The minimum atomic E-state index is 0.0575. The third-order valence-corrected chi connectivity index (χ3v) is 3.14. The first-order valence-electron chi connectivity index (χ1n) is 7.18. The van der Waals surface area contributed by atoms with Crippen LogP contribution in [-0.2, 0) is 17.8 Å². The molecule has 1 heterocycles. The van der Waals surface area contributed by atoms with Crippen LogP contribution in [-0.4, -0.2) is 17.4 Å². The molecule has 1 amide bonds. The lowest BCUT2D eigenvalue weighted by Crippen LogP contribution is -2.24. The molecule has 2 N–H and O–H groups in total. The van der Waals surface area contributed by atoms with Crippen LogP contribution in [0.3, 0.4) is 0 Å². The minimum Gasteiger partial charge on any atom is -0.379 e. The quantitative estimate of drug-likeness (QED) is 0.857. The molecule has 0 aliphatic heterocycles. The van der Waals surface area contributed by atoms with Crippen LogP contribution in [0, 0.1) is 6.92 Å². The summed E-state index contributed by atoms with van der Waals surface area (Å²) >= 11 is 0. The standard InChI is InChI=1S/C17H21N3O/c1-3-18-17(21)10-14-5-8-15(9-6-14)20-12-16-7-4-13(2)11-19-16/h4-9,11,20H,3,10,12H2,1-2H3,(H,18,21). The second-order valence-corrected chi connectivity index (χ2v) is 5.01. The first kappa shape index (κ1) is 15.0. The number of aromatic nitrogens is 1. The summed E-state index contributed by atoms with van der Waals surface area (Å²) < 4.78 is 0. The van der Waals surface area contributed by atoms with Crippen LogP contribution < -0.4 is 10.6 Å². The van der Waals surface area contributed by atoms with Crippen LogP contribution in [0.4, 0.5) is 5.69 Å². The van der Waals surface area contributed by atoms with Crippen LogP contribution in [0.5, 0.6) is 0 Å². The highest BCUT2D eigenvalue weighted by Crippen LogP contribution is 2.11. The summed E-state index contributed by atoms with van der Waals surface area (Å²) in [6, 6.07) is 12.0. The van der Waals surface area contributed by atoms with Crippen LogP contribution in [0.1, 0.15) is 23.7 Å². The van der Waals surface area contributed by atoms with Crippen LogP contribution in [0.2, 0.25) is 0 Å². The average Bonchev–Trinajstić information content (AvgIpc) is 2.48. The Kier molecular flexibility index (Phi) is 5.32. The van der Waals surface area contributed by atoms with Crippen molar-refractivity contribution in [2.75, 3.05) is 11.9 Å². The fraction of sp³-hybridized carbons (Fsp3) is 0.294. The molecule has 2 aromatic rings. The molecule has 2 rings (SSSR count). The van der Waals surface area contributed by atoms with Crippen molar-refractivity contribution in [3.63, 3.8) is 0 Å². The monoisotopic (exact) mass is 283 g/mol. The van der Waals surface area contributed by atoms with E-state index in [0.717, 1.165) is 22.5 Å². The molecule has 1 aromatic carbocycles. The molecule has 0 aliphatic rings. The summed E-state index contributed by atoms with van der Waals surface area (Å²) in [5.74, 6) is 0.0575. The Labute approximate surface area is 125 Å². The number of pyridine rings is 1. The van der Waals surface area contributed by atoms with E-state index in [4.69, 9.17) is 0 Å². The SMILES string of the molecule is CCNC(=O)Cc1ccc(NCc2ccc(C)cn2)cc1. The lowest BCUT2D eigenvalue weighted by molar-refractivity contribution is -0.120. The Morgan fingerprint density at radius 2 is 1.90 bits per heavy atom. The highest BCUT2D eigenvalue weighted by molar-refractivity contribution is 5.78. The third kappa shape index (κ3) is 4.91. The predicted molar refractivity (Wildman–Crippen MR) is 85.1 cm³/mol. The van der Waals surface area contributed by atoms with Gasteiger partial charge in [-0.2, -0.15) is 0 Å². The van der Waals surface area contributed by atoms with E-state index in [0.29, 0.717) is 19.5 Å². The van der Waals surface area contributed by atoms with Crippen molar-refractivity contribution in [3.05, 3.63) is 59.4 Å². The van der Waals surface area contributed by atoms with E-state index >= 15 is 0 Å². The fourth-order valence-electron chi connectivity index (χ4n) is 1.98. The first-order valence-corrected chi connectivity index (χ1v) is 7.18. The molecule has 4 nitrogen and oxygen atoms in total. The summed E-state index contributed by atoms with van der Waals surface area (Å²) in [4.78, 5) is 15.9. The second kappa shape index (κ2) is 7.43. The number of likely N-dealkylation sites (N-methyl/N-ethyl adjacent to an activating group) is 1. The number of hydrogen-bond acceptors (Lipinski definition) is 3. The molecule has 0 radical (unpaired) electrons. The summed E-state index contributed by atoms with van der Waals surface area (Å²) in [5.41, 5.74) is 4.21. The molecule has 0 saturated heterocycles. The van der Waals surface area contributed by atoms with Gasteiger partial charge in [-0.15, -0.1) is 0 Å². The highest BCUT2D eigenvalue weighted by atomic mass is 16.1. The topological polar surface area (TPSA) is 54.0 Å². The number of anilines is 1. The van der Waals surface area contributed by atoms with Gasteiger partial charge in [-0.3, -0.25) is 9.78 Å². The Morgan fingerprint density at radius 3 is 2.52 bits per heavy atom. The zero-order chi connectivity index (χ0) is 15.1. The van der Waals surface area contributed by atoms with Gasteiger partial charge < -0.3 is 10.6 Å². The van der Waals surface area contributed by atoms with Crippen molar-refractivity contribution < 1.29 is 4.79 Å². The largest absolute Gasteiger partial charge is 0.379 e. The van der Waals surface area contributed by atoms with Crippen molar-refractivity contribution in [3.8, 4) is 0 Å². The molecule has 4 heteroatoms. The number of nitrogens with one attached hydrogen (secondary N) is 2. The van der Waals surface area contributed by atoms with Crippen molar-refractivity contribution in [2.24, 2.45) is 0 Å². The molecule has 1 aromatic heterocycles. The number of benzene rings is 1. The van der Waals surface area contributed by atoms with Crippen LogP contribution in [0.25, 0.3) is 0 Å². The Hall–Kier alpha value is -2.36.